The van der Waals surface area contributed by atoms with E-state index in [0.717, 1.165) is 4.34 Å². The van der Waals surface area contributed by atoms with Crippen LogP contribution in [0.5, 0.6) is 5.75 Å². The Hall–Kier alpha value is -1.31. The SMILES string of the molecule is Nc1cccc(OCC(O)CSc2nncs2)c1. The van der Waals surface area contributed by atoms with Crippen LogP contribution in [-0.4, -0.2) is 33.8 Å². The van der Waals surface area contributed by atoms with Crippen LogP contribution in [0, 0.1) is 0 Å². The Bertz CT molecular complexity index is 479. The summed E-state index contributed by atoms with van der Waals surface area (Å²) in [6, 6.07) is 7.13. The number of nitrogens with zero attached hydrogens (tertiary/aromatic N) is 2. The van der Waals surface area contributed by atoms with E-state index in [9.17, 15) is 5.11 Å². The van der Waals surface area contributed by atoms with E-state index >= 15 is 0 Å². The first-order valence-electron chi connectivity index (χ1n) is 5.29. The molecule has 0 fully saturated rings. The number of ether oxygens (including phenoxy) is 1. The molecule has 0 aliphatic carbocycles. The molecule has 0 saturated carbocycles. The van der Waals surface area contributed by atoms with Crippen molar-refractivity contribution in [1.29, 1.82) is 0 Å². The molecule has 2 aromatic rings. The van der Waals surface area contributed by atoms with E-state index in [1.54, 1.807) is 23.7 Å². The normalized spacial score (nSPS) is 12.3. The van der Waals surface area contributed by atoms with E-state index in [1.165, 1.54) is 23.1 Å². The fourth-order valence-corrected chi connectivity index (χ4v) is 2.66. The number of aliphatic hydroxyl groups excluding tert-OH is 1. The molecular weight excluding hydrogens is 270 g/mol. The van der Waals surface area contributed by atoms with E-state index < -0.39 is 6.10 Å². The fraction of sp³-hybridized carbons (Fsp3) is 0.273. The maximum atomic E-state index is 9.76. The molecule has 96 valence electrons. The average molecular weight is 283 g/mol. The number of rotatable bonds is 6. The van der Waals surface area contributed by atoms with Crippen molar-refractivity contribution in [3.05, 3.63) is 29.8 Å². The minimum atomic E-state index is -0.555. The Morgan fingerprint density at radius 2 is 2.39 bits per heavy atom. The second-order valence-electron chi connectivity index (χ2n) is 3.55. The molecule has 5 nitrogen and oxygen atoms in total. The minimum Gasteiger partial charge on any atom is -0.491 e. The Labute approximate surface area is 113 Å². The summed E-state index contributed by atoms with van der Waals surface area (Å²) in [7, 11) is 0. The van der Waals surface area contributed by atoms with Crippen molar-refractivity contribution in [2.75, 3.05) is 18.1 Å². The van der Waals surface area contributed by atoms with Crippen LogP contribution in [0.15, 0.2) is 34.1 Å². The number of aromatic nitrogens is 2. The van der Waals surface area contributed by atoms with Gasteiger partial charge in [0.05, 0.1) is 6.10 Å². The number of thioether (sulfide) groups is 1. The number of nitrogen functional groups attached to an aromatic ring is 1. The molecule has 1 atom stereocenters. The molecule has 18 heavy (non-hydrogen) atoms. The first kappa shape index (κ1) is 13.1. The van der Waals surface area contributed by atoms with Gasteiger partial charge in [0, 0.05) is 17.5 Å². The monoisotopic (exact) mass is 283 g/mol. The van der Waals surface area contributed by atoms with Crippen LogP contribution in [0.25, 0.3) is 0 Å². The van der Waals surface area contributed by atoms with E-state index in [1.807, 2.05) is 6.07 Å². The maximum absolute atomic E-state index is 9.76. The summed E-state index contributed by atoms with van der Waals surface area (Å²) in [5.41, 5.74) is 7.94. The molecule has 2 rings (SSSR count). The third kappa shape index (κ3) is 4.17. The Kier molecular flexibility index (Phi) is 4.80. The van der Waals surface area contributed by atoms with Gasteiger partial charge in [0.15, 0.2) is 4.34 Å². The van der Waals surface area contributed by atoms with Crippen molar-refractivity contribution in [1.82, 2.24) is 10.2 Å². The quantitative estimate of drug-likeness (QED) is 0.620. The highest BCUT2D eigenvalue weighted by molar-refractivity contribution is 8.01. The lowest BCUT2D eigenvalue weighted by atomic mass is 10.3. The van der Waals surface area contributed by atoms with Gasteiger partial charge < -0.3 is 15.6 Å². The Morgan fingerprint density at radius 3 is 3.11 bits per heavy atom. The average Bonchev–Trinajstić information content (AvgIpc) is 2.87. The van der Waals surface area contributed by atoms with E-state index in [2.05, 4.69) is 10.2 Å². The second kappa shape index (κ2) is 6.58. The smallest absolute Gasteiger partial charge is 0.174 e. The highest BCUT2D eigenvalue weighted by Crippen LogP contribution is 2.20. The first-order valence-corrected chi connectivity index (χ1v) is 7.16. The van der Waals surface area contributed by atoms with E-state index in [-0.39, 0.29) is 6.61 Å². The number of anilines is 1. The molecule has 0 saturated heterocycles. The van der Waals surface area contributed by atoms with Crippen molar-refractivity contribution < 1.29 is 9.84 Å². The predicted octanol–water partition coefficient (Wildman–Crippen LogP) is 1.65. The molecule has 1 heterocycles. The van der Waals surface area contributed by atoms with Gasteiger partial charge in [-0.15, -0.1) is 10.2 Å². The molecule has 0 bridgehead atoms. The van der Waals surface area contributed by atoms with E-state index in [0.29, 0.717) is 17.2 Å². The van der Waals surface area contributed by atoms with Crippen LogP contribution in [0.1, 0.15) is 0 Å². The van der Waals surface area contributed by atoms with Crippen LogP contribution in [0.4, 0.5) is 5.69 Å². The van der Waals surface area contributed by atoms with Crippen molar-refractivity contribution in [2.45, 2.75) is 10.4 Å². The van der Waals surface area contributed by atoms with Gasteiger partial charge in [0.1, 0.15) is 17.9 Å². The molecule has 0 radical (unpaired) electrons. The van der Waals surface area contributed by atoms with E-state index in [4.69, 9.17) is 10.5 Å². The molecule has 1 aromatic carbocycles. The molecular formula is C11H13N3O2S2. The molecule has 0 spiro atoms. The van der Waals surface area contributed by atoms with Crippen molar-refractivity contribution >= 4 is 28.8 Å². The summed E-state index contributed by atoms with van der Waals surface area (Å²) >= 11 is 2.92. The van der Waals surface area contributed by atoms with Gasteiger partial charge in [-0.3, -0.25) is 0 Å². The van der Waals surface area contributed by atoms with Gasteiger partial charge >= 0.3 is 0 Å². The summed E-state index contributed by atoms with van der Waals surface area (Å²) in [5, 5.41) is 17.4. The van der Waals surface area contributed by atoms with Gasteiger partial charge in [-0.05, 0) is 12.1 Å². The zero-order valence-corrected chi connectivity index (χ0v) is 11.2. The number of hydrogen-bond acceptors (Lipinski definition) is 7. The van der Waals surface area contributed by atoms with Gasteiger partial charge in [-0.25, -0.2) is 0 Å². The zero-order valence-electron chi connectivity index (χ0n) is 9.52. The largest absolute Gasteiger partial charge is 0.491 e. The molecule has 1 aromatic heterocycles. The first-order chi connectivity index (χ1) is 8.74. The summed E-state index contributed by atoms with van der Waals surface area (Å²) in [6.07, 6.45) is -0.555. The summed E-state index contributed by atoms with van der Waals surface area (Å²) < 4.78 is 6.29. The summed E-state index contributed by atoms with van der Waals surface area (Å²) in [4.78, 5) is 0. The maximum Gasteiger partial charge on any atom is 0.174 e. The molecule has 0 aliphatic heterocycles. The molecule has 0 amide bonds. The van der Waals surface area contributed by atoms with Crippen molar-refractivity contribution in [3.8, 4) is 5.75 Å². The predicted molar refractivity (Wildman–Crippen MR) is 73.0 cm³/mol. The molecule has 1 unspecified atom stereocenters. The van der Waals surface area contributed by atoms with Crippen LogP contribution in [-0.2, 0) is 0 Å². The van der Waals surface area contributed by atoms with Gasteiger partial charge in [-0.2, -0.15) is 0 Å². The summed E-state index contributed by atoms with van der Waals surface area (Å²) in [5.74, 6) is 1.19. The standard InChI is InChI=1S/C11H13N3O2S2/c12-8-2-1-3-10(4-8)16-5-9(15)6-17-11-14-13-7-18-11/h1-4,7,9,15H,5-6,12H2. The molecule has 7 heteroatoms. The highest BCUT2D eigenvalue weighted by atomic mass is 32.2. The second-order valence-corrected chi connectivity index (χ2v) is 5.65. The van der Waals surface area contributed by atoms with Crippen LogP contribution in [0.3, 0.4) is 0 Å². The van der Waals surface area contributed by atoms with Gasteiger partial charge in [-0.1, -0.05) is 29.2 Å². The Morgan fingerprint density at radius 1 is 1.50 bits per heavy atom. The highest BCUT2D eigenvalue weighted by Gasteiger charge is 2.08. The van der Waals surface area contributed by atoms with Crippen molar-refractivity contribution in [3.63, 3.8) is 0 Å². The summed E-state index contributed by atoms with van der Waals surface area (Å²) in [6.45, 7) is 0.231. The van der Waals surface area contributed by atoms with Gasteiger partial charge in [0.2, 0.25) is 0 Å². The minimum absolute atomic E-state index is 0.231. The topological polar surface area (TPSA) is 81.3 Å². The third-order valence-electron chi connectivity index (χ3n) is 2.04. The fourth-order valence-electron chi connectivity index (χ4n) is 1.24. The number of benzene rings is 1. The number of nitrogens with two attached hydrogens (primary N) is 1. The third-order valence-corrected chi connectivity index (χ3v) is 4.04. The van der Waals surface area contributed by atoms with Gasteiger partial charge in [0.25, 0.3) is 0 Å². The lowest BCUT2D eigenvalue weighted by Gasteiger charge is -2.11. The van der Waals surface area contributed by atoms with Crippen LogP contribution in [0.2, 0.25) is 0 Å². The Balaban J connectivity index is 1.73. The van der Waals surface area contributed by atoms with Crippen LogP contribution < -0.4 is 10.5 Å². The molecule has 0 aliphatic rings. The zero-order chi connectivity index (χ0) is 12.8. The lowest BCUT2D eigenvalue weighted by molar-refractivity contribution is 0.126. The lowest BCUT2D eigenvalue weighted by Crippen LogP contribution is -2.20. The number of hydrogen-bond donors (Lipinski definition) is 2. The number of aliphatic hydroxyl groups is 1. The van der Waals surface area contributed by atoms with Crippen LogP contribution >= 0.6 is 23.1 Å². The molecule has 3 N–H and O–H groups in total. The van der Waals surface area contributed by atoms with Crippen molar-refractivity contribution in [2.24, 2.45) is 0 Å².